The molecule has 0 saturated heterocycles. The molecule has 2 aromatic heterocycles. The summed E-state index contributed by atoms with van der Waals surface area (Å²) in [5.74, 6) is 2.35. The Hall–Kier alpha value is -10.2. The van der Waals surface area contributed by atoms with E-state index in [1.54, 1.807) is 0 Å². The van der Waals surface area contributed by atoms with Gasteiger partial charge in [-0.2, -0.15) is 0 Å². The highest BCUT2D eigenvalue weighted by molar-refractivity contribution is 6.10. The Kier molecular flexibility index (Phi) is 12.5. The number of aromatic nitrogens is 2. The molecule has 0 bridgehead atoms. The molecule has 0 fully saturated rings. The maximum Gasteiger partial charge on any atom is 0.137 e. The monoisotopic (exact) mass is 1160 g/mol. The van der Waals surface area contributed by atoms with E-state index in [1.165, 1.54) is 94.5 Å². The van der Waals surface area contributed by atoms with Gasteiger partial charge < -0.3 is 14.5 Å². The summed E-state index contributed by atoms with van der Waals surface area (Å²) in [6.45, 7) is 21.3. The smallest absolute Gasteiger partial charge is 0.137 e. The van der Waals surface area contributed by atoms with Crippen LogP contribution in [-0.2, 0) is 21.7 Å². The average Bonchev–Trinajstić information content (AvgIpc) is 1.51. The molecule has 90 heavy (non-hydrogen) atoms. The van der Waals surface area contributed by atoms with Gasteiger partial charge in [-0.25, -0.2) is 4.98 Å². The lowest BCUT2D eigenvalue weighted by Gasteiger charge is -2.31. The highest BCUT2D eigenvalue weighted by Gasteiger charge is 2.51. The van der Waals surface area contributed by atoms with Crippen LogP contribution in [-0.4, -0.2) is 16.2 Å². The minimum absolute atomic E-state index is 0.0768. The molecule has 16 rings (SSSR count). The van der Waals surface area contributed by atoms with Crippen molar-refractivity contribution in [3.63, 3.8) is 0 Å². The van der Waals surface area contributed by atoms with E-state index < -0.39 is 5.41 Å². The molecular formula is C85H72N4O. The maximum absolute atomic E-state index is 6.98. The minimum atomic E-state index is -0.427. The Bertz CT molecular complexity index is 4950. The first-order valence-electron chi connectivity index (χ1n) is 31.8. The molecule has 0 N–H and O–H groups in total. The molecule has 13 aromatic rings. The van der Waals surface area contributed by atoms with Crippen molar-refractivity contribution in [2.75, 3.05) is 16.5 Å². The first kappa shape index (κ1) is 55.1. The van der Waals surface area contributed by atoms with E-state index in [0.29, 0.717) is 6.67 Å². The molecule has 0 atom stereocenters. The molecule has 11 aromatic carbocycles. The number of nitrogens with zero attached hydrogens (tertiary/aromatic N) is 4. The summed E-state index contributed by atoms with van der Waals surface area (Å²) in [6, 6.07) is 94.7. The topological polar surface area (TPSA) is 33.5 Å². The minimum Gasteiger partial charge on any atom is -0.457 e. The number of hydrogen-bond donors (Lipinski definition) is 0. The van der Waals surface area contributed by atoms with Crippen LogP contribution in [0.4, 0.5) is 22.7 Å². The molecule has 1 spiro atoms. The fourth-order valence-electron chi connectivity index (χ4n) is 14.8. The van der Waals surface area contributed by atoms with Crippen molar-refractivity contribution in [1.82, 2.24) is 9.55 Å². The van der Waals surface area contributed by atoms with Crippen molar-refractivity contribution < 1.29 is 4.74 Å². The molecule has 5 heteroatoms. The van der Waals surface area contributed by atoms with Gasteiger partial charge in [0.25, 0.3) is 0 Å². The van der Waals surface area contributed by atoms with E-state index in [-0.39, 0.29) is 16.2 Å². The van der Waals surface area contributed by atoms with Crippen LogP contribution in [0.1, 0.15) is 101 Å². The van der Waals surface area contributed by atoms with Crippen molar-refractivity contribution >= 4 is 44.6 Å². The number of rotatable bonds is 8. The fourth-order valence-corrected chi connectivity index (χ4v) is 14.8. The normalized spacial score (nSPS) is 13.8. The number of fused-ring (bicyclic) bond motifs is 14. The third-order valence-electron chi connectivity index (χ3n) is 19.4. The number of hydrogen-bond acceptors (Lipinski definition) is 4. The van der Waals surface area contributed by atoms with Gasteiger partial charge in [-0.1, -0.05) is 244 Å². The number of para-hydroxylation sites is 4. The lowest BCUT2D eigenvalue weighted by molar-refractivity contribution is 0.483. The molecule has 0 saturated carbocycles. The van der Waals surface area contributed by atoms with Gasteiger partial charge in [0.2, 0.25) is 0 Å². The van der Waals surface area contributed by atoms with Gasteiger partial charge in [0.1, 0.15) is 24.0 Å². The molecule has 2 aliphatic carbocycles. The van der Waals surface area contributed by atoms with Crippen molar-refractivity contribution in [2.45, 2.75) is 84.0 Å². The van der Waals surface area contributed by atoms with Gasteiger partial charge in [0, 0.05) is 51.5 Å². The molecule has 438 valence electrons. The summed E-state index contributed by atoms with van der Waals surface area (Å²) in [5.41, 5.74) is 27.6. The van der Waals surface area contributed by atoms with E-state index in [9.17, 15) is 0 Å². The van der Waals surface area contributed by atoms with E-state index in [0.717, 1.165) is 61.9 Å². The van der Waals surface area contributed by atoms with E-state index in [4.69, 9.17) is 9.72 Å². The maximum atomic E-state index is 6.98. The lowest BCUT2D eigenvalue weighted by atomic mass is 9.70. The molecular weight excluding hydrogens is 1090 g/mol. The van der Waals surface area contributed by atoms with Crippen LogP contribution in [0.2, 0.25) is 0 Å². The number of benzene rings is 11. The van der Waals surface area contributed by atoms with Crippen LogP contribution in [0, 0.1) is 0 Å². The number of anilines is 4. The van der Waals surface area contributed by atoms with E-state index in [1.807, 2.05) is 6.20 Å². The summed E-state index contributed by atoms with van der Waals surface area (Å²) in [6.07, 6.45) is 1.99. The second-order valence-corrected chi connectivity index (χ2v) is 28.0. The fraction of sp³-hybridized carbons (Fsp3) is 0.165. The van der Waals surface area contributed by atoms with Crippen LogP contribution in [0.15, 0.2) is 261 Å². The van der Waals surface area contributed by atoms with Crippen molar-refractivity contribution in [3.05, 3.63) is 300 Å². The summed E-state index contributed by atoms with van der Waals surface area (Å²) in [4.78, 5) is 10.1. The third kappa shape index (κ3) is 8.76. The molecule has 0 amide bonds. The quantitative estimate of drug-likeness (QED) is 0.152. The van der Waals surface area contributed by atoms with Gasteiger partial charge >= 0.3 is 0 Å². The molecule has 3 aliphatic rings. The Morgan fingerprint density at radius 2 is 0.878 bits per heavy atom. The lowest BCUT2D eigenvalue weighted by Crippen LogP contribution is -2.25. The standard InChI is InChI=1S/C85H72N4O/c1-82(2,3)58-40-36-54(37-41-58)56-39-45-80(86-52-56)89-76-33-17-13-27-69(76)70-43-42-63(51-79(70)89)90-62-23-20-22-61(50-62)87-53-88(78-35-19-18-34-77(78)87)81-64(28-21-29-65(81)57-46-59(83(4,5)6)49-60(47-57)84(7,8)9)55-38-44-75-71(48-55)68-26-12-16-32-74(68)85(75)72-30-14-10-24-66(72)67-25-11-15-31-73(67)85/h10-52H,53H2,1-9H3. The molecule has 0 radical (unpaired) electrons. The Morgan fingerprint density at radius 3 is 1.52 bits per heavy atom. The molecule has 1 aliphatic heterocycles. The molecule has 3 heterocycles. The second kappa shape index (κ2) is 20.4. The highest BCUT2D eigenvalue weighted by Crippen LogP contribution is 2.63. The average molecular weight is 1170 g/mol. The first-order valence-corrected chi connectivity index (χ1v) is 31.8. The predicted molar refractivity (Wildman–Crippen MR) is 376 cm³/mol. The first-order chi connectivity index (χ1) is 43.5. The third-order valence-corrected chi connectivity index (χ3v) is 19.4. The zero-order valence-corrected chi connectivity index (χ0v) is 52.7. The second-order valence-electron chi connectivity index (χ2n) is 28.0. The summed E-state index contributed by atoms with van der Waals surface area (Å²) in [5, 5.41) is 2.31. The number of ether oxygens (including phenoxy) is 1. The number of pyridine rings is 1. The van der Waals surface area contributed by atoms with E-state index >= 15 is 0 Å². The van der Waals surface area contributed by atoms with Crippen LogP contribution < -0.4 is 14.5 Å². The van der Waals surface area contributed by atoms with Crippen LogP contribution in [0.25, 0.3) is 83.3 Å². The van der Waals surface area contributed by atoms with E-state index in [2.05, 4.69) is 331 Å². The van der Waals surface area contributed by atoms with Crippen molar-refractivity contribution in [1.29, 1.82) is 0 Å². The zero-order chi connectivity index (χ0) is 61.4. The van der Waals surface area contributed by atoms with Gasteiger partial charge in [0.05, 0.1) is 33.5 Å². The SMILES string of the molecule is CC(C)(C)c1ccc(-c2ccc(-n3c4ccccc4c4ccc(Oc5cccc(N6CN(c7c(-c8cc(C(C)(C)C)cc(C(C)(C)C)c8)cccc7-c7ccc8c(c7)-c7ccccc7C87c8ccccc8-c8ccccc87)c7ccccc76)c5)cc43)nc2)cc1. The Balaban J connectivity index is 0.799. The van der Waals surface area contributed by atoms with Crippen LogP contribution >= 0.6 is 0 Å². The summed E-state index contributed by atoms with van der Waals surface area (Å²) in [7, 11) is 0. The summed E-state index contributed by atoms with van der Waals surface area (Å²) >= 11 is 0. The predicted octanol–water partition coefficient (Wildman–Crippen LogP) is 22.5. The highest BCUT2D eigenvalue weighted by atomic mass is 16.5. The zero-order valence-electron chi connectivity index (χ0n) is 52.7. The van der Waals surface area contributed by atoms with Crippen molar-refractivity contribution in [3.8, 4) is 73.0 Å². The molecule has 0 unspecified atom stereocenters. The van der Waals surface area contributed by atoms with Crippen molar-refractivity contribution in [2.24, 2.45) is 0 Å². The van der Waals surface area contributed by atoms with Gasteiger partial charge in [-0.15, -0.1) is 0 Å². The van der Waals surface area contributed by atoms with Crippen LogP contribution in [0.3, 0.4) is 0 Å². The molecule has 5 nitrogen and oxygen atoms in total. The largest absolute Gasteiger partial charge is 0.457 e. The van der Waals surface area contributed by atoms with Gasteiger partial charge in [0.15, 0.2) is 0 Å². The van der Waals surface area contributed by atoms with Gasteiger partial charge in [-0.3, -0.25) is 4.57 Å². The van der Waals surface area contributed by atoms with Crippen LogP contribution in [0.5, 0.6) is 11.5 Å². The Morgan fingerprint density at radius 1 is 0.356 bits per heavy atom. The summed E-state index contributed by atoms with van der Waals surface area (Å²) < 4.78 is 9.24. The Labute approximate surface area is 529 Å². The van der Waals surface area contributed by atoms with Gasteiger partial charge in [-0.05, 0) is 155 Å².